The molecule has 6 N–H and O–H groups in total. The standard InChI is InChI=1S/C29H40N6O7/c1-3-4-12-23(26(36)32-24(28(38)42-2)13-8-9-18-30)33-29(39)34-25(19-20-10-6-5-7-11-20)27(37)31-21-14-16-22(17-15-21)35(40)41/h5-7,10-11,14-17,23-25H,3-4,8-9,12-13,18-19,30H2,1-2H3,(H,31,37)(H,32,36)(H2,33,34,39)/t23-,24?,25+/m1/s1. The molecule has 3 atom stereocenters. The minimum absolute atomic E-state index is 0.128. The Balaban J connectivity index is 2.16. The molecule has 2 aromatic rings. The number of benzene rings is 2. The maximum atomic E-state index is 13.2. The predicted octanol–water partition coefficient (Wildman–Crippen LogP) is 2.79. The maximum Gasteiger partial charge on any atom is 0.328 e. The molecule has 13 nitrogen and oxygen atoms in total. The number of nitrogens with zero attached hydrogens (tertiary/aromatic N) is 1. The topological polar surface area (TPSA) is 195 Å². The van der Waals surface area contributed by atoms with Gasteiger partial charge in [-0.15, -0.1) is 0 Å². The second kappa shape index (κ2) is 18.0. The Morgan fingerprint density at radius 2 is 1.50 bits per heavy atom. The number of urea groups is 1. The number of rotatable bonds is 17. The summed E-state index contributed by atoms with van der Waals surface area (Å²) < 4.78 is 4.83. The van der Waals surface area contributed by atoms with Crippen molar-refractivity contribution in [2.75, 3.05) is 19.0 Å². The number of non-ortho nitro benzene ring substituents is 1. The Morgan fingerprint density at radius 1 is 0.857 bits per heavy atom. The van der Waals surface area contributed by atoms with Gasteiger partial charge in [0.05, 0.1) is 12.0 Å². The van der Waals surface area contributed by atoms with Crippen LogP contribution in [0.1, 0.15) is 51.0 Å². The van der Waals surface area contributed by atoms with Crippen LogP contribution in [-0.2, 0) is 25.5 Å². The number of nitro groups is 1. The van der Waals surface area contributed by atoms with Crippen LogP contribution in [-0.4, -0.2) is 60.5 Å². The summed E-state index contributed by atoms with van der Waals surface area (Å²) in [5.41, 5.74) is 6.51. The lowest BCUT2D eigenvalue weighted by Crippen LogP contribution is -2.56. The predicted molar refractivity (Wildman–Crippen MR) is 157 cm³/mol. The molecule has 228 valence electrons. The number of methoxy groups -OCH3 is 1. The number of nitrogens with two attached hydrogens (primary N) is 1. The zero-order valence-electron chi connectivity index (χ0n) is 24.0. The van der Waals surface area contributed by atoms with Crippen molar-refractivity contribution in [3.8, 4) is 0 Å². The minimum atomic E-state index is -1.04. The minimum Gasteiger partial charge on any atom is -0.467 e. The van der Waals surface area contributed by atoms with Crippen LogP contribution in [0.5, 0.6) is 0 Å². The fraction of sp³-hybridized carbons (Fsp3) is 0.448. The van der Waals surface area contributed by atoms with Crippen molar-refractivity contribution in [3.05, 3.63) is 70.3 Å². The number of anilines is 1. The molecular weight excluding hydrogens is 544 g/mol. The monoisotopic (exact) mass is 584 g/mol. The lowest BCUT2D eigenvalue weighted by molar-refractivity contribution is -0.384. The number of unbranched alkanes of at least 4 members (excludes halogenated alkanes) is 2. The average molecular weight is 585 g/mol. The fourth-order valence-electron chi connectivity index (χ4n) is 4.15. The van der Waals surface area contributed by atoms with Gasteiger partial charge in [-0.2, -0.15) is 0 Å². The molecule has 0 radical (unpaired) electrons. The number of nitrogens with one attached hydrogen (secondary N) is 4. The molecule has 0 aliphatic heterocycles. The van der Waals surface area contributed by atoms with Crippen molar-refractivity contribution < 1.29 is 28.8 Å². The van der Waals surface area contributed by atoms with Gasteiger partial charge in [-0.3, -0.25) is 19.7 Å². The number of nitro benzene ring substituents is 1. The summed E-state index contributed by atoms with van der Waals surface area (Å²) in [6, 6.07) is 10.7. The number of ether oxygens (including phenoxy) is 1. The lowest BCUT2D eigenvalue weighted by Gasteiger charge is -2.24. The normalized spacial score (nSPS) is 12.7. The number of hydrogen-bond donors (Lipinski definition) is 5. The van der Waals surface area contributed by atoms with Gasteiger partial charge in [0.25, 0.3) is 5.69 Å². The third-order valence-electron chi connectivity index (χ3n) is 6.47. The van der Waals surface area contributed by atoms with Crippen LogP contribution in [0, 0.1) is 10.1 Å². The van der Waals surface area contributed by atoms with E-state index in [0.717, 1.165) is 12.0 Å². The van der Waals surface area contributed by atoms with E-state index in [4.69, 9.17) is 10.5 Å². The Hall–Kier alpha value is -4.52. The Morgan fingerprint density at radius 3 is 2.10 bits per heavy atom. The van der Waals surface area contributed by atoms with Crippen molar-refractivity contribution in [3.63, 3.8) is 0 Å². The highest BCUT2D eigenvalue weighted by Crippen LogP contribution is 2.16. The summed E-state index contributed by atoms with van der Waals surface area (Å²) in [6.07, 6.45) is 3.46. The molecule has 0 heterocycles. The fourth-order valence-corrected chi connectivity index (χ4v) is 4.15. The second-order valence-corrected chi connectivity index (χ2v) is 9.72. The molecule has 0 aromatic heterocycles. The van der Waals surface area contributed by atoms with Gasteiger partial charge in [-0.1, -0.05) is 50.1 Å². The van der Waals surface area contributed by atoms with Crippen LogP contribution in [0.3, 0.4) is 0 Å². The first-order valence-electron chi connectivity index (χ1n) is 13.9. The molecule has 4 amide bonds. The number of esters is 1. The quantitative estimate of drug-likeness (QED) is 0.0810. The molecule has 0 bridgehead atoms. The molecule has 2 aromatic carbocycles. The molecule has 0 saturated carbocycles. The molecule has 42 heavy (non-hydrogen) atoms. The highest BCUT2D eigenvalue weighted by molar-refractivity contribution is 5.98. The molecule has 0 fully saturated rings. The van der Waals surface area contributed by atoms with Gasteiger partial charge in [-0.25, -0.2) is 9.59 Å². The summed E-state index contributed by atoms with van der Waals surface area (Å²) >= 11 is 0. The van der Waals surface area contributed by atoms with Gasteiger partial charge >= 0.3 is 12.0 Å². The highest BCUT2D eigenvalue weighted by atomic mass is 16.6. The van der Waals surface area contributed by atoms with E-state index < -0.39 is 46.9 Å². The van der Waals surface area contributed by atoms with E-state index in [9.17, 15) is 29.3 Å². The second-order valence-electron chi connectivity index (χ2n) is 9.72. The van der Waals surface area contributed by atoms with Crippen LogP contribution in [0.2, 0.25) is 0 Å². The van der Waals surface area contributed by atoms with Gasteiger partial charge < -0.3 is 31.7 Å². The Bertz CT molecular complexity index is 1180. The zero-order valence-corrected chi connectivity index (χ0v) is 24.0. The van der Waals surface area contributed by atoms with Crippen molar-refractivity contribution in [1.82, 2.24) is 16.0 Å². The molecule has 0 aliphatic rings. The summed E-state index contributed by atoms with van der Waals surface area (Å²) in [5, 5.41) is 21.6. The number of carbonyl (C=O) groups excluding carboxylic acids is 4. The molecular formula is C29H40N6O7. The Labute approximate surface area is 245 Å². The third kappa shape index (κ3) is 11.5. The highest BCUT2D eigenvalue weighted by Gasteiger charge is 2.28. The summed E-state index contributed by atoms with van der Waals surface area (Å²) in [6.45, 7) is 2.39. The van der Waals surface area contributed by atoms with Crippen molar-refractivity contribution in [1.29, 1.82) is 0 Å². The maximum absolute atomic E-state index is 13.2. The van der Waals surface area contributed by atoms with E-state index in [1.165, 1.54) is 31.4 Å². The van der Waals surface area contributed by atoms with Crippen molar-refractivity contribution >= 4 is 35.2 Å². The largest absolute Gasteiger partial charge is 0.467 e. The summed E-state index contributed by atoms with van der Waals surface area (Å²) in [4.78, 5) is 62.1. The first-order chi connectivity index (χ1) is 20.2. The summed E-state index contributed by atoms with van der Waals surface area (Å²) in [7, 11) is 1.24. The molecule has 13 heteroatoms. The van der Waals surface area contributed by atoms with E-state index in [0.29, 0.717) is 44.3 Å². The van der Waals surface area contributed by atoms with Gasteiger partial charge in [0.15, 0.2) is 0 Å². The first-order valence-corrected chi connectivity index (χ1v) is 13.9. The van der Waals surface area contributed by atoms with E-state index in [1.807, 2.05) is 13.0 Å². The van der Waals surface area contributed by atoms with Crippen LogP contribution in [0.15, 0.2) is 54.6 Å². The van der Waals surface area contributed by atoms with Crippen LogP contribution < -0.4 is 27.0 Å². The van der Waals surface area contributed by atoms with E-state index in [2.05, 4.69) is 21.3 Å². The third-order valence-corrected chi connectivity index (χ3v) is 6.47. The zero-order chi connectivity index (χ0) is 30.9. The molecule has 0 saturated heterocycles. The van der Waals surface area contributed by atoms with Crippen LogP contribution in [0.4, 0.5) is 16.2 Å². The Kier molecular flexibility index (Phi) is 14.5. The van der Waals surface area contributed by atoms with Gasteiger partial charge in [0.2, 0.25) is 11.8 Å². The van der Waals surface area contributed by atoms with Gasteiger partial charge in [0.1, 0.15) is 18.1 Å². The van der Waals surface area contributed by atoms with Crippen LogP contribution >= 0.6 is 0 Å². The lowest BCUT2D eigenvalue weighted by atomic mass is 10.0. The molecule has 1 unspecified atom stereocenters. The van der Waals surface area contributed by atoms with Crippen LogP contribution in [0.25, 0.3) is 0 Å². The van der Waals surface area contributed by atoms with Crippen molar-refractivity contribution in [2.24, 2.45) is 5.73 Å². The van der Waals surface area contributed by atoms with E-state index in [-0.39, 0.29) is 12.1 Å². The SMILES string of the molecule is CCCC[C@@H](NC(=O)N[C@@H](Cc1ccccc1)C(=O)Nc1ccc([N+](=O)[O-])cc1)C(=O)NC(CCCCN)C(=O)OC. The number of hydrogen-bond acceptors (Lipinski definition) is 8. The van der Waals surface area contributed by atoms with Gasteiger partial charge in [0, 0.05) is 24.2 Å². The molecule has 0 spiro atoms. The average Bonchev–Trinajstić information content (AvgIpc) is 2.98. The molecule has 2 rings (SSSR count). The van der Waals surface area contributed by atoms with E-state index in [1.54, 1.807) is 24.3 Å². The number of carbonyl (C=O) groups is 4. The van der Waals surface area contributed by atoms with Crippen molar-refractivity contribution in [2.45, 2.75) is 70.0 Å². The summed E-state index contributed by atoms with van der Waals surface area (Å²) in [5.74, 6) is -1.69. The molecule has 0 aliphatic carbocycles. The smallest absolute Gasteiger partial charge is 0.328 e. The van der Waals surface area contributed by atoms with Gasteiger partial charge in [-0.05, 0) is 49.9 Å². The van der Waals surface area contributed by atoms with E-state index >= 15 is 0 Å². The first kappa shape index (κ1) is 33.7. The number of amides is 4.